The summed E-state index contributed by atoms with van der Waals surface area (Å²) in [6.45, 7) is 4.78. The van der Waals surface area contributed by atoms with E-state index in [1.165, 1.54) is 25.7 Å². The second-order valence-corrected chi connectivity index (χ2v) is 6.13. The van der Waals surface area contributed by atoms with Crippen LogP contribution in [0.2, 0.25) is 0 Å². The first-order valence-corrected chi connectivity index (χ1v) is 7.67. The van der Waals surface area contributed by atoms with Crippen molar-refractivity contribution in [3.8, 4) is 0 Å². The molecule has 0 bridgehead atoms. The summed E-state index contributed by atoms with van der Waals surface area (Å²) in [5, 5.41) is 3.49. The van der Waals surface area contributed by atoms with E-state index in [9.17, 15) is 4.79 Å². The molecule has 1 unspecified atom stereocenters. The third-order valence-corrected chi connectivity index (χ3v) is 4.21. The lowest BCUT2D eigenvalue weighted by atomic mass is 10.1. The van der Waals surface area contributed by atoms with Crippen molar-refractivity contribution in [3.05, 3.63) is 29.6 Å². The molecule has 20 heavy (non-hydrogen) atoms. The molecule has 0 radical (unpaired) electrons. The van der Waals surface area contributed by atoms with Crippen molar-refractivity contribution in [2.75, 3.05) is 19.6 Å². The van der Waals surface area contributed by atoms with E-state index < -0.39 is 0 Å². The summed E-state index contributed by atoms with van der Waals surface area (Å²) in [5.74, 6) is 0.888. The molecular formula is C16H23N3O. The van der Waals surface area contributed by atoms with Gasteiger partial charge in [-0.15, -0.1) is 0 Å². The molecule has 0 aromatic carbocycles. The number of pyridine rings is 1. The molecule has 3 rings (SSSR count). The molecule has 1 amide bonds. The highest BCUT2D eigenvalue weighted by molar-refractivity contribution is 5.94. The van der Waals surface area contributed by atoms with Gasteiger partial charge in [0.2, 0.25) is 0 Å². The van der Waals surface area contributed by atoms with E-state index in [-0.39, 0.29) is 5.91 Å². The van der Waals surface area contributed by atoms with Crippen LogP contribution in [0.15, 0.2) is 18.3 Å². The van der Waals surface area contributed by atoms with Crippen LogP contribution in [0.25, 0.3) is 0 Å². The Morgan fingerprint density at radius 3 is 2.90 bits per heavy atom. The molecule has 1 saturated carbocycles. The van der Waals surface area contributed by atoms with Crippen molar-refractivity contribution in [1.29, 1.82) is 0 Å². The van der Waals surface area contributed by atoms with E-state index in [1.54, 1.807) is 6.20 Å². The molecule has 1 aliphatic carbocycles. The van der Waals surface area contributed by atoms with Gasteiger partial charge >= 0.3 is 0 Å². The van der Waals surface area contributed by atoms with Gasteiger partial charge < -0.3 is 10.2 Å². The number of rotatable bonds is 5. The Kier molecular flexibility index (Phi) is 4.01. The van der Waals surface area contributed by atoms with Crippen LogP contribution in [0, 0.1) is 12.8 Å². The zero-order valence-corrected chi connectivity index (χ0v) is 12.1. The monoisotopic (exact) mass is 273 g/mol. The SMILES string of the molecule is Cc1cc(C(=O)N(CC2CC2)CC2CCCN2)ccn1. The summed E-state index contributed by atoms with van der Waals surface area (Å²) in [6, 6.07) is 4.20. The normalized spacial score (nSPS) is 21.9. The summed E-state index contributed by atoms with van der Waals surface area (Å²) in [4.78, 5) is 18.9. The highest BCUT2D eigenvalue weighted by Gasteiger charge is 2.29. The smallest absolute Gasteiger partial charge is 0.254 e. The van der Waals surface area contributed by atoms with Crippen LogP contribution in [0.1, 0.15) is 41.7 Å². The van der Waals surface area contributed by atoms with Gasteiger partial charge in [-0.3, -0.25) is 9.78 Å². The molecule has 2 aliphatic rings. The van der Waals surface area contributed by atoms with Gasteiger partial charge in [-0.1, -0.05) is 0 Å². The fraction of sp³-hybridized carbons (Fsp3) is 0.625. The van der Waals surface area contributed by atoms with Gasteiger partial charge in [0.25, 0.3) is 5.91 Å². The van der Waals surface area contributed by atoms with Gasteiger partial charge in [-0.25, -0.2) is 0 Å². The first kappa shape index (κ1) is 13.6. The minimum Gasteiger partial charge on any atom is -0.337 e. The highest BCUT2D eigenvalue weighted by Crippen LogP contribution is 2.30. The second kappa shape index (κ2) is 5.92. The molecule has 1 aromatic rings. The Morgan fingerprint density at radius 2 is 2.25 bits per heavy atom. The van der Waals surface area contributed by atoms with Crippen LogP contribution < -0.4 is 5.32 Å². The zero-order valence-electron chi connectivity index (χ0n) is 12.1. The number of amides is 1. The summed E-state index contributed by atoms with van der Waals surface area (Å²) in [7, 11) is 0. The average Bonchev–Trinajstić information content (AvgIpc) is 3.11. The molecule has 1 aliphatic heterocycles. The van der Waals surface area contributed by atoms with Gasteiger partial charge in [0.1, 0.15) is 0 Å². The maximum absolute atomic E-state index is 12.7. The van der Waals surface area contributed by atoms with E-state index in [0.29, 0.717) is 6.04 Å². The van der Waals surface area contributed by atoms with Crippen molar-refractivity contribution in [2.24, 2.45) is 5.92 Å². The molecule has 1 saturated heterocycles. The Hall–Kier alpha value is -1.42. The second-order valence-electron chi connectivity index (χ2n) is 6.13. The molecular weight excluding hydrogens is 250 g/mol. The lowest BCUT2D eigenvalue weighted by Gasteiger charge is -2.26. The third kappa shape index (κ3) is 3.37. The zero-order chi connectivity index (χ0) is 13.9. The maximum atomic E-state index is 12.7. The predicted octanol–water partition coefficient (Wildman–Crippen LogP) is 1.99. The van der Waals surface area contributed by atoms with Gasteiger partial charge in [0, 0.05) is 36.6 Å². The summed E-state index contributed by atoms with van der Waals surface area (Å²) >= 11 is 0. The Morgan fingerprint density at radius 1 is 1.40 bits per heavy atom. The number of carbonyl (C=O) groups is 1. The minimum absolute atomic E-state index is 0.163. The number of hydrogen-bond acceptors (Lipinski definition) is 3. The molecule has 4 nitrogen and oxygen atoms in total. The van der Waals surface area contributed by atoms with Crippen LogP contribution in [-0.4, -0.2) is 41.5 Å². The van der Waals surface area contributed by atoms with E-state index in [4.69, 9.17) is 0 Å². The largest absolute Gasteiger partial charge is 0.337 e. The molecule has 2 fully saturated rings. The van der Waals surface area contributed by atoms with Gasteiger partial charge in [0.15, 0.2) is 0 Å². The standard InChI is InChI=1S/C16H23N3O/c1-12-9-14(6-8-17-12)16(20)19(10-13-4-5-13)11-15-3-2-7-18-15/h6,8-9,13,15,18H,2-5,7,10-11H2,1H3. The van der Waals surface area contributed by atoms with Gasteiger partial charge in [0.05, 0.1) is 0 Å². The molecule has 1 N–H and O–H groups in total. The number of aromatic nitrogens is 1. The van der Waals surface area contributed by atoms with Crippen LogP contribution in [-0.2, 0) is 0 Å². The number of hydrogen-bond donors (Lipinski definition) is 1. The van der Waals surface area contributed by atoms with Crippen molar-refractivity contribution in [2.45, 2.75) is 38.6 Å². The van der Waals surface area contributed by atoms with Crippen LogP contribution in [0.3, 0.4) is 0 Å². The highest BCUT2D eigenvalue weighted by atomic mass is 16.2. The predicted molar refractivity (Wildman–Crippen MR) is 78.6 cm³/mol. The van der Waals surface area contributed by atoms with E-state index in [2.05, 4.69) is 15.2 Å². The summed E-state index contributed by atoms with van der Waals surface area (Å²) in [5.41, 5.74) is 1.68. The molecule has 0 spiro atoms. The van der Waals surface area contributed by atoms with E-state index in [1.807, 2.05) is 19.1 Å². The fourth-order valence-electron chi connectivity index (χ4n) is 2.89. The Bertz CT molecular complexity index is 478. The molecule has 2 heterocycles. The van der Waals surface area contributed by atoms with Crippen molar-refractivity contribution in [1.82, 2.24) is 15.2 Å². The Balaban J connectivity index is 1.71. The quantitative estimate of drug-likeness (QED) is 0.892. The first-order valence-electron chi connectivity index (χ1n) is 7.67. The molecule has 1 atom stereocenters. The summed E-state index contributed by atoms with van der Waals surface area (Å²) < 4.78 is 0. The number of aryl methyl sites for hydroxylation is 1. The van der Waals surface area contributed by atoms with E-state index in [0.717, 1.165) is 36.8 Å². The lowest BCUT2D eigenvalue weighted by Crippen LogP contribution is -2.42. The Labute approximate surface area is 120 Å². The lowest BCUT2D eigenvalue weighted by molar-refractivity contribution is 0.0733. The van der Waals surface area contributed by atoms with Crippen LogP contribution >= 0.6 is 0 Å². The third-order valence-electron chi connectivity index (χ3n) is 4.21. The topological polar surface area (TPSA) is 45.2 Å². The van der Waals surface area contributed by atoms with E-state index >= 15 is 0 Å². The van der Waals surface area contributed by atoms with Crippen LogP contribution in [0.5, 0.6) is 0 Å². The number of carbonyl (C=O) groups excluding carboxylic acids is 1. The summed E-state index contributed by atoms with van der Waals surface area (Å²) in [6.07, 6.45) is 6.69. The molecule has 4 heteroatoms. The van der Waals surface area contributed by atoms with Crippen molar-refractivity contribution < 1.29 is 4.79 Å². The van der Waals surface area contributed by atoms with Gasteiger partial charge in [-0.2, -0.15) is 0 Å². The number of nitrogens with one attached hydrogen (secondary N) is 1. The van der Waals surface area contributed by atoms with Crippen molar-refractivity contribution >= 4 is 5.91 Å². The maximum Gasteiger partial charge on any atom is 0.254 e. The molecule has 1 aromatic heterocycles. The minimum atomic E-state index is 0.163. The first-order chi connectivity index (χ1) is 9.72. The van der Waals surface area contributed by atoms with Crippen molar-refractivity contribution in [3.63, 3.8) is 0 Å². The average molecular weight is 273 g/mol. The van der Waals surface area contributed by atoms with Gasteiger partial charge in [-0.05, 0) is 57.2 Å². The van der Waals surface area contributed by atoms with Crippen LogP contribution in [0.4, 0.5) is 0 Å². The molecule has 108 valence electrons. The number of nitrogens with zero attached hydrogens (tertiary/aromatic N) is 2. The fourth-order valence-corrected chi connectivity index (χ4v) is 2.89.